The quantitative estimate of drug-likeness (QED) is 0.453. The molecule has 1 aromatic rings. The molecule has 0 radical (unpaired) electrons. The molecule has 0 amide bonds. The zero-order valence-corrected chi connectivity index (χ0v) is 6.55. The van der Waals surface area contributed by atoms with Crippen molar-refractivity contribution in [3.8, 4) is 0 Å². The van der Waals surface area contributed by atoms with E-state index in [0.29, 0.717) is 0 Å². The Morgan fingerprint density at radius 1 is 1.33 bits per heavy atom. The lowest BCUT2D eigenvalue weighted by atomic mass is 10.2. The lowest BCUT2D eigenvalue weighted by molar-refractivity contribution is 0.345. The second-order valence-electron chi connectivity index (χ2n) is 2.26. The summed E-state index contributed by atoms with van der Waals surface area (Å²) in [5.74, 6) is 0. The van der Waals surface area contributed by atoms with E-state index in [4.69, 9.17) is 4.43 Å². The van der Waals surface area contributed by atoms with Crippen LogP contribution in [0.1, 0.15) is 5.56 Å². The molecule has 0 N–H and O–H groups in total. The van der Waals surface area contributed by atoms with Crippen LogP contribution in [0.15, 0.2) is 24.3 Å². The second kappa shape index (κ2) is 1.97. The minimum atomic E-state index is -0.308. The third-order valence-electron chi connectivity index (χ3n) is 1.63. The van der Waals surface area contributed by atoms with Crippen LogP contribution >= 0.6 is 0 Å². The summed E-state index contributed by atoms with van der Waals surface area (Å²) in [7, 11) is -0.308. The van der Waals surface area contributed by atoms with Crippen molar-refractivity contribution in [2.45, 2.75) is 6.61 Å². The Labute approximate surface area is 56.6 Å². The summed E-state index contributed by atoms with van der Waals surface area (Å²) in [6, 6.07) is 8.48. The van der Waals surface area contributed by atoms with Gasteiger partial charge in [0.2, 0.25) is 0 Å². The highest BCUT2D eigenvalue weighted by molar-refractivity contribution is 6.48. The van der Waals surface area contributed by atoms with E-state index in [9.17, 15) is 0 Å². The van der Waals surface area contributed by atoms with Gasteiger partial charge >= 0.3 is 0 Å². The van der Waals surface area contributed by atoms with E-state index >= 15 is 0 Å². The Morgan fingerprint density at radius 2 is 2.22 bits per heavy atom. The lowest BCUT2D eigenvalue weighted by Crippen LogP contribution is -2.09. The normalized spacial score (nSPS) is 18.2. The van der Waals surface area contributed by atoms with Gasteiger partial charge in [-0.05, 0) is 10.8 Å². The van der Waals surface area contributed by atoms with Crippen molar-refractivity contribution >= 4 is 14.9 Å². The zero-order valence-electron chi connectivity index (χ0n) is 5.13. The van der Waals surface area contributed by atoms with E-state index in [-0.39, 0.29) is 9.76 Å². The predicted octanol–water partition coefficient (Wildman–Crippen LogP) is -0.0741. The third-order valence-corrected chi connectivity index (χ3v) is 3.04. The first-order chi connectivity index (χ1) is 4.47. The molecule has 0 spiro atoms. The Kier molecular flexibility index (Phi) is 1.14. The topological polar surface area (TPSA) is 9.23 Å². The van der Waals surface area contributed by atoms with Gasteiger partial charge in [-0.2, -0.15) is 0 Å². The Bertz CT molecular complexity index is 199. The molecule has 1 aromatic carbocycles. The Morgan fingerprint density at radius 3 is 3.11 bits per heavy atom. The Hall–Kier alpha value is -0.603. The monoisotopic (exact) mass is 136 g/mol. The lowest BCUT2D eigenvalue weighted by Gasteiger charge is -1.90. The van der Waals surface area contributed by atoms with Crippen LogP contribution in [0, 0.1) is 0 Å². The molecule has 0 atom stereocenters. The third kappa shape index (κ3) is 0.801. The first-order valence-electron chi connectivity index (χ1n) is 3.11. The molecule has 0 unspecified atom stereocenters. The van der Waals surface area contributed by atoms with Crippen LogP contribution in [0.4, 0.5) is 0 Å². The fourth-order valence-electron chi connectivity index (χ4n) is 1.11. The number of hydrogen-bond acceptors (Lipinski definition) is 1. The standard InChI is InChI=1S/C7H8OSi/c1-2-4-7-6(3-1)5-8-9-7/h1-4H,5,9H2. The van der Waals surface area contributed by atoms with Crippen molar-refractivity contribution < 1.29 is 4.43 Å². The minimum absolute atomic E-state index is 0.308. The highest BCUT2D eigenvalue weighted by Gasteiger charge is 2.08. The summed E-state index contributed by atoms with van der Waals surface area (Å²) in [6.07, 6.45) is 0. The number of benzene rings is 1. The molecule has 2 rings (SSSR count). The van der Waals surface area contributed by atoms with E-state index < -0.39 is 0 Å². The van der Waals surface area contributed by atoms with Gasteiger partial charge in [0.1, 0.15) is 0 Å². The van der Waals surface area contributed by atoms with E-state index in [2.05, 4.69) is 24.3 Å². The molecule has 0 aliphatic carbocycles. The molecule has 0 saturated carbocycles. The molecule has 0 bridgehead atoms. The maximum atomic E-state index is 5.35. The van der Waals surface area contributed by atoms with E-state index in [1.165, 1.54) is 10.8 Å². The maximum Gasteiger partial charge on any atom is 0.193 e. The molecule has 0 saturated heterocycles. The average molecular weight is 136 g/mol. The van der Waals surface area contributed by atoms with Gasteiger partial charge in [0.25, 0.3) is 0 Å². The van der Waals surface area contributed by atoms with Crippen LogP contribution in [0.5, 0.6) is 0 Å². The van der Waals surface area contributed by atoms with Crippen LogP contribution in [0.25, 0.3) is 0 Å². The van der Waals surface area contributed by atoms with Crippen molar-refractivity contribution in [3.63, 3.8) is 0 Å². The number of hydrogen-bond donors (Lipinski definition) is 0. The van der Waals surface area contributed by atoms with E-state index in [1.807, 2.05) is 0 Å². The van der Waals surface area contributed by atoms with Gasteiger partial charge in [0, 0.05) is 0 Å². The summed E-state index contributed by atoms with van der Waals surface area (Å²) in [4.78, 5) is 0. The molecule has 2 heteroatoms. The SMILES string of the molecule is c1ccc2c(c1)CO[SiH2]2. The van der Waals surface area contributed by atoms with Gasteiger partial charge in [-0.1, -0.05) is 24.3 Å². The van der Waals surface area contributed by atoms with Crippen molar-refractivity contribution in [1.29, 1.82) is 0 Å². The van der Waals surface area contributed by atoms with Crippen LogP contribution in [-0.2, 0) is 11.0 Å². The fourth-order valence-corrected chi connectivity index (χ4v) is 2.29. The zero-order chi connectivity index (χ0) is 6.10. The summed E-state index contributed by atoms with van der Waals surface area (Å²) in [5, 5.41) is 1.48. The van der Waals surface area contributed by atoms with E-state index in [1.54, 1.807) is 0 Å². The smallest absolute Gasteiger partial charge is 0.193 e. The van der Waals surface area contributed by atoms with Gasteiger partial charge in [-0.15, -0.1) is 0 Å². The van der Waals surface area contributed by atoms with Crippen LogP contribution in [0.2, 0.25) is 0 Å². The van der Waals surface area contributed by atoms with Crippen molar-refractivity contribution in [3.05, 3.63) is 29.8 Å². The first kappa shape index (κ1) is 5.20. The van der Waals surface area contributed by atoms with Crippen LogP contribution in [-0.4, -0.2) is 9.76 Å². The summed E-state index contributed by atoms with van der Waals surface area (Å²) < 4.78 is 5.35. The number of rotatable bonds is 0. The van der Waals surface area contributed by atoms with Gasteiger partial charge in [-0.25, -0.2) is 0 Å². The van der Waals surface area contributed by atoms with Crippen molar-refractivity contribution in [2.24, 2.45) is 0 Å². The van der Waals surface area contributed by atoms with Crippen LogP contribution < -0.4 is 5.19 Å². The fraction of sp³-hybridized carbons (Fsp3) is 0.143. The molecule has 46 valence electrons. The predicted molar refractivity (Wildman–Crippen MR) is 39.4 cm³/mol. The highest BCUT2D eigenvalue weighted by Crippen LogP contribution is 2.02. The molecule has 1 aliphatic rings. The average Bonchev–Trinajstić information content (AvgIpc) is 2.33. The van der Waals surface area contributed by atoms with Gasteiger partial charge in [-0.3, -0.25) is 0 Å². The maximum absolute atomic E-state index is 5.35. The van der Waals surface area contributed by atoms with Crippen molar-refractivity contribution in [2.75, 3.05) is 0 Å². The largest absolute Gasteiger partial charge is 0.414 e. The molecule has 1 heterocycles. The van der Waals surface area contributed by atoms with Gasteiger partial charge in [0.15, 0.2) is 9.76 Å². The summed E-state index contributed by atoms with van der Waals surface area (Å²) >= 11 is 0. The first-order valence-corrected chi connectivity index (χ1v) is 4.40. The summed E-state index contributed by atoms with van der Waals surface area (Å²) in [5.41, 5.74) is 1.41. The molecule has 0 fully saturated rings. The Balaban J connectivity index is 2.54. The molecular formula is C7H8OSi. The molecule has 1 nitrogen and oxygen atoms in total. The van der Waals surface area contributed by atoms with Gasteiger partial charge in [0.05, 0.1) is 6.61 Å². The number of fused-ring (bicyclic) bond motifs is 1. The van der Waals surface area contributed by atoms with Gasteiger partial charge < -0.3 is 4.43 Å². The van der Waals surface area contributed by atoms with E-state index in [0.717, 1.165) is 6.61 Å². The molecule has 1 aliphatic heterocycles. The molecular weight excluding hydrogens is 128 g/mol. The van der Waals surface area contributed by atoms with Crippen molar-refractivity contribution in [1.82, 2.24) is 0 Å². The second-order valence-corrected chi connectivity index (χ2v) is 3.72. The highest BCUT2D eigenvalue weighted by atomic mass is 28.2. The minimum Gasteiger partial charge on any atom is -0.414 e. The summed E-state index contributed by atoms with van der Waals surface area (Å²) in [6.45, 7) is 0.863. The molecule has 9 heavy (non-hydrogen) atoms. The molecule has 0 aromatic heterocycles. The van der Waals surface area contributed by atoms with Crippen LogP contribution in [0.3, 0.4) is 0 Å².